The van der Waals surface area contributed by atoms with Crippen LogP contribution in [-0.4, -0.2) is 70.7 Å². The van der Waals surface area contributed by atoms with Gasteiger partial charge in [0.15, 0.2) is 5.82 Å². The van der Waals surface area contributed by atoms with Gasteiger partial charge in [0.1, 0.15) is 11.9 Å². The molecule has 1 aromatic carbocycles. The van der Waals surface area contributed by atoms with Gasteiger partial charge in [0, 0.05) is 20.0 Å². The van der Waals surface area contributed by atoms with Crippen LogP contribution in [0.5, 0.6) is 0 Å². The number of carbonyl (C=O) groups is 2. The van der Waals surface area contributed by atoms with Gasteiger partial charge < -0.3 is 15.0 Å². The van der Waals surface area contributed by atoms with E-state index in [1.807, 2.05) is 11.2 Å². The summed E-state index contributed by atoms with van der Waals surface area (Å²) in [6.45, 7) is 3.23. The van der Waals surface area contributed by atoms with Gasteiger partial charge >= 0.3 is 6.09 Å². The highest BCUT2D eigenvalue weighted by Gasteiger charge is 2.33. The number of cyclic esters (lactones) is 1. The molecule has 0 spiro atoms. The molecule has 0 saturated carbocycles. The zero-order chi connectivity index (χ0) is 22.7. The Bertz CT molecular complexity index is 980. The Balaban J connectivity index is 1.36. The highest BCUT2D eigenvalue weighted by atomic mass is 32.2. The van der Waals surface area contributed by atoms with Crippen molar-refractivity contribution in [2.75, 3.05) is 42.2 Å². The normalized spacial score (nSPS) is 19.3. The van der Waals surface area contributed by atoms with Crippen LogP contribution in [0.15, 0.2) is 18.2 Å². The summed E-state index contributed by atoms with van der Waals surface area (Å²) in [6.07, 6.45) is 2.57. The molecule has 0 unspecified atom stereocenters. The lowest BCUT2D eigenvalue weighted by Crippen LogP contribution is -2.36. The van der Waals surface area contributed by atoms with Crippen LogP contribution < -0.4 is 15.1 Å². The number of hydrogen-bond donors (Lipinski definition) is 1. The number of nitrogens with zero attached hydrogens (tertiary/aromatic N) is 6. The number of piperidine rings is 1. The van der Waals surface area contributed by atoms with Crippen LogP contribution in [0.2, 0.25) is 0 Å². The minimum atomic E-state index is -0.547. The van der Waals surface area contributed by atoms with Crippen molar-refractivity contribution in [2.45, 2.75) is 37.7 Å². The average molecular weight is 464 g/mol. The van der Waals surface area contributed by atoms with Gasteiger partial charge in [-0.3, -0.25) is 9.69 Å². The monoisotopic (exact) mass is 463 g/mol. The van der Waals surface area contributed by atoms with Crippen molar-refractivity contribution in [3.8, 4) is 0 Å². The fourth-order valence-electron chi connectivity index (χ4n) is 3.95. The topological polar surface area (TPSA) is 105 Å². The Kier molecular flexibility index (Phi) is 6.77. The second kappa shape index (κ2) is 9.72. The number of carbonyl (C=O) groups excluding carboxylic acids is 2. The molecule has 1 N–H and O–H groups in total. The molecule has 2 saturated heterocycles. The van der Waals surface area contributed by atoms with Gasteiger partial charge in [0.25, 0.3) is 0 Å². The number of nitrogens with one attached hydrogen (secondary N) is 1. The SMILES string of the molecule is CSCc1nnn(C2CCN(c3ccc(N4C[C@H](CNC(C)=O)OC4=O)cc3F)CC2)n1. The first kappa shape index (κ1) is 22.3. The molecule has 2 aromatic rings. The second-order valence-corrected chi connectivity index (χ2v) is 8.73. The van der Waals surface area contributed by atoms with Gasteiger partial charge in [-0.15, -0.1) is 10.2 Å². The van der Waals surface area contributed by atoms with Gasteiger partial charge in [-0.25, -0.2) is 9.18 Å². The first-order valence-electron chi connectivity index (χ1n) is 10.5. The number of rotatable bonds is 7. The maximum absolute atomic E-state index is 15.0. The van der Waals surface area contributed by atoms with E-state index >= 15 is 0 Å². The largest absolute Gasteiger partial charge is 0.442 e. The summed E-state index contributed by atoms with van der Waals surface area (Å²) in [5.74, 6) is 0.870. The Labute approximate surface area is 189 Å². The minimum absolute atomic E-state index is 0.150. The summed E-state index contributed by atoms with van der Waals surface area (Å²) < 4.78 is 20.2. The maximum Gasteiger partial charge on any atom is 0.414 e. The molecule has 172 valence electrons. The van der Waals surface area contributed by atoms with Gasteiger partial charge in [-0.2, -0.15) is 16.6 Å². The van der Waals surface area contributed by atoms with Crippen molar-refractivity contribution in [2.24, 2.45) is 0 Å². The van der Waals surface area contributed by atoms with Crippen molar-refractivity contribution in [3.05, 3.63) is 29.8 Å². The molecule has 2 amide bonds. The molecule has 2 fully saturated rings. The van der Waals surface area contributed by atoms with E-state index in [0.717, 1.165) is 24.4 Å². The zero-order valence-electron chi connectivity index (χ0n) is 18.0. The number of benzene rings is 1. The Morgan fingerprint density at radius 1 is 1.34 bits per heavy atom. The van der Waals surface area contributed by atoms with Crippen LogP contribution in [0.4, 0.5) is 20.6 Å². The van der Waals surface area contributed by atoms with Crippen molar-refractivity contribution in [1.82, 2.24) is 25.5 Å². The summed E-state index contributed by atoms with van der Waals surface area (Å²) in [4.78, 5) is 28.3. The number of amides is 2. The third kappa shape index (κ3) is 4.95. The summed E-state index contributed by atoms with van der Waals surface area (Å²) in [6, 6.07) is 4.93. The Morgan fingerprint density at radius 2 is 2.12 bits per heavy atom. The van der Waals surface area contributed by atoms with E-state index in [4.69, 9.17) is 4.74 Å². The summed E-state index contributed by atoms with van der Waals surface area (Å²) in [5, 5.41) is 15.3. The Hall–Kier alpha value is -2.89. The lowest BCUT2D eigenvalue weighted by Gasteiger charge is -2.33. The van der Waals surface area contributed by atoms with Crippen LogP contribution in [0.3, 0.4) is 0 Å². The molecule has 3 heterocycles. The number of anilines is 2. The van der Waals surface area contributed by atoms with Gasteiger partial charge in [-0.05, 0) is 42.5 Å². The molecule has 0 radical (unpaired) electrons. The molecule has 10 nitrogen and oxygen atoms in total. The Morgan fingerprint density at radius 3 is 2.81 bits per heavy atom. The van der Waals surface area contributed by atoms with E-state index in [0.29, 0.717) is 24.5 Å². The third-order valence-electron chi connectivity index (χ3n) is 5.57. The molecule has 2 aliphatic heterocycles. The minimum Gasteiger partial charge on any atom is -0.442 e. The fraction of sp³-hybridized carbons (Fsp3) is 0.550. The molecule has 32 heavy (non-hydrogen) atoms. The summed E-state index contributed by atoms with van der Waals surface area (Å²) >= 11 is 1.65. The number of aromatic nitrogens is 4. The molecule has 4 rings (SSSR count). The van der Waals surface area contributed by atoms with Crippen molar-refractivity contribution >= 4 is 35.1 Å². The van der Waals surface area contributed by atoms with Crippen LogP contribution in [0.25, 0.3) is 0 Å². The second-order valence-electron chi connectivity index (χ2n) is 7.87. The lowest BCUT2D eigenvalue weighted by molar-refractivity contribution is -0.119. The van der Waals surface area contributed by atoms with Crippen molar-refractivity contribution < 1.29 is 18.7 Å². The first-order chi connectivity index (χ1) is 15.4. The van der Waals surface area contributed by atoms with Crippen LogP contribution >= 0.6 is 11.8 Å². The van der Waals surface area contributed by atoms with Crippen LogP contribution in [-0.2, 0) is 15.3 Å². The summed E-state index contributed by atoms with van der Waals surface area (Å²) in [5.41, 5.74) is 0.939. The zero-order valence-corrected chi connectivity index (χ0v) is 18.8. The molecule has 0 bridgehead atoms. The molecular formula is C20H26FN7O3S. The first-order valence-corrected chi connectivity index (χ1v) is 11.9. The number of thioether (sulfide) groups is 1. The number of hydrogen-bond acceptors (Lipinski definition) is 8. The smallest absolute Gasteiger partial charge is 0.414 e. The van der Waals surface area contributed by atoms with E-state index in [2.05, 4.69) is 20.7 Å². The van der Waals surface area contributed by atoms with Crippen molar-refractivity contribution in [1.29, 1.82) is 0 Å². The van der Waals surface area contributed by atoms with E-state index in [1.54, 1.807) is 28.7 Å². The molecule has 12 heteroatoms. The van der Waals surface area contributed by atoms with E-state index < -0.39 is 12.2 Å². The van der Waals surface area contributed by atoms with Crippen LogP contribution in [0.1, 0.15) is 31.6 Å². The molecular weight excluding hydrogens is 437 g/mol. The van der Waals surface area contributed by atoms with E-state index in [1.165, 1.54) is 17.9 Å². The van der Waals surface area contributed by atoms with Gasteiger partial charge in [0.2, 0.25) is 5.91 Å². The summed E-state index contributed by atoms with van der Waals surface area (Å²) in [7, 11) is 0. The highest BCUT2D eigenvalue weighted by Crippen LogP contribution is 2.31. The van der Waals surface area contributed by atoms with Gasteiger partial charge in [0.05, 0.1) is 36.3 Å². The molecule has 0 aliphatic carbocycles. The quantitative estimate of drug-likeness (QED) is 0.665. The van der Waals surface area contributed by atoms with E-state index in [-0.39, 0.29) is 30.9 Å². The predicted molar refractivity (Wildman–Crippen MR) is 118 cm³/mol. The lowest BCUT2D eigenvalue weighted by atomic mass is 10.0. The van der Waals surface area contributed by atoms with Gasteiger partial charge in [-0.1, -0.05) is 0 Å². The number of halogens is 1. The molecule has 2 aliphatic rings. The maximum atomic E-state index is 15.0. The fourth-order valence-corrected chi connectivity index (χ4v) is 4.32. The van der Waals surface area contributed by atoms with E-state index in [9.17, 15) is 14.0 Å². The average Bonchev–Trinajstić information content (AvgIpc) is 3.39. The molecule has 1 aromatic heterocycles. The van der Waals surface area contributed by atoms with Crippen LogP contribution in [0, 0.1) is 5.82 Å². The van der Waals surface area contributed by atoms with Crippen molar-refractivity contribution in [3.63, 3.8) is 0 Å². The predicted octanol–water partition coefficient (Wildman–Crippen LogP) is 1.98. The highest BCUT2D eigenvalue weighted by molar-refractivity contribution is 7.97. The standard InChI is InChI=1S/C20H26FN7O3S/c1-13(29)22-10-16-11-27(20(30)31-16)15-3-4-18(17(21)9-15)26-7-5-14(6-8-26)28-24-19(12-32-2)23-25-28/h3-4,9,14,16H,5-8,10-12H2,1-2H3,(H,22,29)/t16-/m0/s1. The number of ether oxygens (including phenoxy) is 1. The molecule has 1 atom stereocenters. The number of tetrazole rings is 1. The third-order valence-corrected chi connectivity index (χ3v) is 6.12.